The number of nitriles is 1. The van der Waals surface area contributed by atoms with Gasteiger partial charge in [-0.3, -0.25) is 15.1 Å². The largest absolute Gasteiger partial charge is 0.457 e. The van der Waals surface area contributed by atoms with Gasteiger partial charge < -0.3 is 10.5 Å². The van der Waals surface area contributed by atoms with E-state index in [1.54, 1.807) is 6.20 Å². The minimum absolute atomic E-state index is 0.397. The predicted octanol–water partition coefficient (Wildman–Crippen LogP) is 6.38. The van der Waals surface area contributed by atoms with Crippen LogP contribution in [0.1, 0.15) is 18.5 Å². The van der Waals surface area contributed by atoms with E-state index in [4.69, 9.17) is 15.5 Å². The predicted molar refractivity (Wildman–Crippen MR) is 140 cm³/mol. The number of benzene rings is 2. The smallest absolute Gasteiger partial charge is 0.153 e. The molecule has 1 fully saturated rings. The lowest BCUT2D eigenvalue weighted by Crippen LogP contribution is -1.94. The Labute approximate surface area is 207 Å². The molecule has 36 heavy (non-hydrogen) atoms. The molecule has 0 bridgehead atoms. The number of para-hydroxylation sites is 1. The molecule has 5 aromatic rings. The number of aromatic amines is 1. The number of ether oxygens (including phenoxy) is 1. The Morgan fingerprint density at radius 3 is 2.53 bits per heavy atom. The molecule has 0 saturated heterocycles. The van der Waals surface area contributed by atoms with E-state index in [1.165, 1.54) is 0 Å². The highest BCUT2D eigenvalue weighted by molar-refractivity contribution is 6.06. The fourth-order valence-electron chi connectivity index (χ4n) is 4.23. The number of anilines is 1. The second kappa shape index (κ2) is 9.01. The third-order valence-corrected chi connectivity index (χ3v) is 6.22. The zero-order valence-corrected chi connectivity index (χ0v) is 19.3. The molecular formula is C29H22N6O. The van der Waals surface area contributed by atoms with Crippen molar-refractivity contribution in [2.45, 2.75) is 12.8 Å². The summed E-state index contributed by atoms with van der Waals surface area (Å²) in [5.41, 5.74) is 11.6. The van der Waals surface area contributed by atoms with Crippen molar-refractivity contribution in [1.82, 2.24) is 20.2 Å². The van der Waals surface area contributed by atoms with Gasteiger partial charge in [-0.2, -0.15) is 10.4 Å². The zero-order chi connectivity index (χ0) is 24.5. The highest BCUT2D eigenvalue weighted by Gasteiger charge is 2.21. The van der Waals surface area contributed by atoms with Crippen LogP contribution in [0.25, 0.3) is 38.9 Å². The summed E-state index contributed by atoms with van der Waals surface area (Å²) in [6.45, 7) is 0. The molecule has 1 saturated carbocycles. The number of nitrogens with one attached hydrogen (secondary N) is 1. The standard InChI is InChI=1S/C29H22N6O/c30-16-21(14-18-6-7-18)25-15-20(12-13-32-25)27-28-26(29(31)35-34-28)24(17-33-27)19-8-10-23(11-9-19)36-22-4-2-1-3-5-22/h1-5,8-15,17-18H,6-7H2,(H3,31,34,35)/b21-14-. The lowest BCUT2D eigenvalue weighted by atomic mass is 10.00. The number of aromatic nitrogens is 4. The maximum absolute atomic E-state index is 9.64. The first-order valence-electron chi connectivity index (χ1n) is 11.7. The van der Waals surface area contributed by atoms with Gasteiger partial charge in [0.2, 0.25) is 0 Å². The van der Waals surface area contributed by atoms with Crippen LogP contribution in [0.5, 0.6) is 11.5 Å². The summed E-state index contributed by atoms with van der Waals surface area (Å²) >= 11 is 0. The maximum atomic E-state index is 9.64. The van der Waals surface area contributed by atoms with Crippen molar-refractivity contribution in [3.63, 3.8) is 0 Å². The van der Waals surface area contributed by atoms with Gasteiger partial charge in [-0.1, -0.05) is 36.4 Å². The number of H-pyrrole nitrogens is 1. The molecule has 0 aliphatic heterocycles. The third-order valence-electron chi connectivity index (χ3n) is 6.22. The van der Waals surface area contributed by atoms with Gasteiger partial charge in [0.15, 0.2) is 5.82 Å². The topological polar surface area (TPSA) is 113 Å². The van der Waals surface area contributed by atoms with Crippen LogP contribution in [0.2, 0.25) is 0 Å². The zero-order valence-electron chi connectivity index (χ0n) is 19.3. The normalized spacial score (nSPS) is 13.5. The van der Waals surface area contributed by atoms with Crippen molar-refractivity contribution in [2.24, 2.45) is 5.92 Å². The molecule has 0 atom stereocenters. The van der Waals surface area contributed by atoms with Gasteiger partial charge >= 0.3 is 0 Å². The number of nitrogen functional groups attached to an aromatic ring is 1. The summed E-state index contributed by atoms with van der Waals surface area (Å²) in [5.74, 6) is 2.39. The molecule has 2 aromatic carbocycles. The molecule has 0 radical (unpaired) electrons. The van der Waals surface area contributed by atoms with Crippen molar-refractivity contribution in [1.29, 1.82) is 5.26 Å². The van der Waals surface area contributed by atoms with Crippen LogP contribution in [0, 0.1) is 17.2 Å². The van der Waals surface area contributed by atoms with Gasteiger partial charge in [-0.05, 0) is 60.7 Å². The van der Waals surface area contributed by atoms with E-state index in [2.05, 4.69) is 21.3 Å². The Kier molecular flexibility index (Phi) is 5.39. The van der Waals surface area contributed by atoms with Crippen LogP contribution >= 0.6 is 0 Å². The molecule has 174 valence electrons. The first-order valence-corrected chi connectivity index (χ1v) is 11.7. The molecule has 7 nitrogen and oxygen atoms in total. The van der Waals surface area contributed by atoms with E-state index in [0.29, 0.717) is 28.7 Å². The van der Waals surface area contributed by atoms with Crippen molar-refractivity contribution in [3.05, 3.63) is 90.9 Å². The minimum Gasteiger partial charge on any atom is -0.457 e. The average molecular weight is 471 g/mol. The Bertz CT molecular complexity index is 1630. The Morgan fingerprint density at radius 1 is 1.00 bits per heavy atom. The second-order valence-electron chi connectivity index (χ2n) is 8.78. The lowest BCUT2D eigenvalue weighted by Gasteiger charge is -2.10. The number of nitrogens with zero attached hydrogens (tertiary/aromatic N) is 4. The molecule has 1 aliphatic carbocycles. The number of hydrogen-bond acceptors (Lipinski definition) is 6. The Balaban J connectivity index is 1.37. The summed E-state index contributed by atoms with van der Waals surface area (Å²) in [7, 11) is 0. The lowest BCUT2D eigenvalue weighted by molar-refractivity contribution is 0.483. The highest BCUT2D eigenvalue weighted by atomic mass is 16.5. The summed E-state index contributed by atoms with van der Waals surface area (Å²) in [4.78, 5) is 9.19. The Morgan fingerprint density at radius 2 is 1.78 bits per heavy atom. The fraction of sp³-hybridized carbons (Fsp3) is 0.103. The van der Waals surface area contributed by atoms with Crippen LogP contribution in [0.3, 0.4) is 0 Å². The van der Waals surface area contributed by atoms with Crippen LogP contribution in [0.4, 0.5) is 5.82 Å². The summed E-state index contributed by atoms with van der Waals surface area (Å²) in [6.07, 6.45) is 7.78. The van der Waals surface area contributed by atoms with Crippen molar-refractivity contribution in [3.8, 4) is 40.0 Å². The summed E-state index contributed by atoms with van der Waals surface area (Å²) in [5, 5.41) is 17.8. The Hall–Kier alpha value is -4.96. The van der Waals surface area contributed by atoms with Crippen molar-refractivity contribution in [2.75, 3.05) is 5.73 Å². The molecule has 0 spiro atoms. The van der Waals surface area contributed by atoms with Crippen LogP contribution < -0.4 is 10.5 Å². The quantitative estimate of drug-likeness (QED) is 0.278. The van der Waals surface area contributed by atoms with E-state index >= 15 is 0 Å². The first-order chi connectivity index (χ1) is 17.7. The third kappa shape index (κ3) is 4.17. The molecule has 3 N–H and O–H groups in total. The number of hydrogen-bond donors (Lipinski definition) is 2. The molecule has 6 rings (SSSR count). The van der Waals surface area contributed by atoms with Crippen LogP contribution in [-0.2, 0) is 0 Å². The molecular weight excluding hydrogens is 448 g/mol. The van der Waals surface area contributed by atoms with Gasteiger partial charge in [0.05, 0.1) is 27.9 Å². The molecule has 0 unspecified atom stereocenters. The summed E-state index contributed by atoms with van der Waals surface area (Å²) < 4.78 is 5.92. The monoisotopic (exact) mass is 470 g/mol. The second-order valence-corrected chi connectivity index (χ2v) is 8.78. The van der Waals surface area contributed by atoms with Gasteiger partial charge in [-0.25, -0.2) is 0 Å². The maximum Gasteiger partial charge on any atom is 0.153 e. The van der Waals surface area contributed by atoms with E-state index in [1.807, 2.05) is 79.0 Å². The number of allylic oxidation sites excluding steroid dienone is 2. The van der Waals surface area contributed by atoms with E-state index < -0.39 is 0 Å². The van der Waals surface area contributed by atoms with Crippen LogP contribution in [0.15, 0.2) is 85.2 Å². The molecule has 1 aliphatic rings. The molecule has 7 heteroatoms. The van der Waals surface area contributed by atoms with E-state index in [0.717, 1.165) is 51.9 Å². The summed E-state index contributed by atoms with van der Waals surface area (Å²) in [6, 6.07) is 23.5. The average Bonchev–Trinajstić information content (AvgIpc) is 3.67. The number of nitrogens with two attached hydrogens (primary N) is 1. The fourth-order valence-corrected chi connectivity index (χ4v) is 4.23. The molecule has 3 aromatic heterocycles. The van der Waals surface area contributed by atoms with Crippen molar-refractivity contribution >= 4 is 22.3 Å². The van der Waals surface area contributed by atoms with E-state index in [9.17, 15) is 5.26 Å². The number of rotatable bonds is 6. The van der Waals surface area contributed by atoms with Gasteiger partial charge in [0.1, 0.15) is 17.6 Å². The van der Waals surface area contributed by atoms with Crippen molar-refractivity contribution < 1.29 is 4.74 Å². The van der Waals surface area contributed by atoms with Gasteiger partial charge in [0.25, 0.3) is 0 Å². The first kappa shape index (κ1) is 21.6. The SMILES string of the molecule is N#C/C(=C/C1CC1)c1cc(-c2ncc(-c3ccc(Oc4ccccc4)cc3)c3c(N)n[nH]c23)ccn1. The van der Waals surface area contributed by atoms with Gasteiger partial charge in [-0.15, -0.1) is 0 Å². The molecule has 0 amide bonds. The van der Waals surface area contributed by atoms with E-state index in [-0.39, 0.29) is 0 Å². The number of pyridine rings is 2. The van der Waals surface area contributed by atoms with Gasteiger partial charge in [0, 0.05) is 23.5 Å². The van der Waals surface area contributed by atoms with Crippen LogP contribution in [-0.4, -0.2) is 20.2 Å². The minimum atomic E-state index is 0.397. The number of fused-ring (bicyclic) bond motifs is 1. The highest BCUT2D eigenvalue weighted by Crippen LogP contribution is 2.37. The molecule has 3 heterocycles.